The minimum absolute atomic E-state index is 0.182. The fourth-order valence-electron chi connectivity index (χ4n) is 1.50. The molecule has 0 aliphatic rings. The zero-order valence-electron chi connectivity index (χ0n) is 10.8. The van der Waals surface area contributed by atoms with E-state index < -0.39 is 18.8 Å². The first-order valence-electron chi connectivity index (χ1n) is 5.84. The number of carbonyl (C=O) groups excluding carboxylic acids is 1. The van der Waals surface area contributed by atoms with E-state index in [2.05, 4.69) is 4.98 Å². The van der Waals surface area contributed by atoms with Crippen LogP contribution < -0.4 is 5.32 Å². The second-order valence-electron chi connectivity index (χ2n) is 4.06. The van der Waals surface area contributed by atoms with Gasteiger partial charge in [0.2, 0.25) is 0 Å². The SMILES string of the molecule is CCN(Cc1cccc(C)n1)C(=O)NCC(F)(F)F. The Labute approximate surface area is 109 Å². The molecular weight excluding hydrogens is 259 g/mol. The fraction of sp³-hybridized carbons (Fsp3) is 0.500. The normalized spacial score (nSPS) is 11.2. The van der Waals surface area contributed by atoms with Crippen LogP contribution in [0.25, 0.3) is 0 Å². The van der Waals surface area contributed by atoms with Gasteiger partial charge in [-0.1, -0.05) is 6.07 Å². The van der Waals surface area contributed by atoms with Crippen molar-refractivity contribution in [2.24, 2.45) is 0 Å². The highest BCUT2D eigenvalue weighted by Gasteiger charge is 2.28. The summed E-state index contributed by atoms with van der Waals surface area (Å²) in [6.07, 6.45) is -4.41. The Bertz CT molecular complexity index is 434. The molecule has 1 heterocycles. The molecule has 4 nitrogen and oxygen atoms in total. The molecule has 0 aliphatic carbocycles. The lowest BCUT2D eigenvalue weighted by atomic mass is 10.3. The summed E-state index contributed by atoms with van der Waals surface area (Å²) in [6.45, 7) is 2.66. The molecule has 7 heteroatoms. The maximum Gasteiger partial charge on any atom is 0.405 e. The highest BCUT2D eigenvalue weighted by Crippen LogP contribution is 2.12. The highest BCUT2D eigenvalue weighted by molar-refractivity contribution is 5.74. The maximum atomic E-state index is 12.0. The van der Waals surface area contributed by atoms with Crippen LogP contribution in [0, 0.1) is 6.92 Å². The van der Waals surface area contributed by atoms with Gasteiger partial charge in [0, 0.05) is 12.2 Å². The number of urea groups is 1. The highest BCUT2D eigenvalue weighted by atomic mass is 19.4. The molecule has 0 radical (unpaired) electrons. The summed E-state index contributed by atoms with van der Waals surface area (Å²) in [5.41, 5.74) is 1.44. The van der Waals surface area contributed by atoms with Crippen LogP contribution in [0.5, 0.6) is 0 Å². The van der Waals surface area contributed by atoms with E-state index in [9.17, 15) is 18.0 Å². The molecule has 1 rings (SSSR count). The third-order valence-corrected chi connectivity index (χ3v) is 2.41. The van der Waals surface area contributed by atoms with Crippen molar-refractivity contribution in [3.8, 4) is 0 Å². The number of halogens is 3. The molecule has 0 fully saturated rings. The molecule has 0 saturated carbocycles. The van der Waals surface area contributed by atoms with Crippen molar-refractivity contribution >= 4 is 6.03 Å². The summed E-state index contributed by atoms with van der Waals surface area (Å²) in [5, 5.41) is 1.84. The summed E-state index contributed by atoms with van der Waals surface area (Å²) in [6, 6.07) is 4.58. The average molecular weight is 275 g/mol. The van der Waals surface area contributed by atoms with Crippen LogP contribution >= 0.6 is 0 Å². The van der Waals surface area contributed by atoms with Gasteiger partial charge in [-0.15, -0.1) is 0 Å². The Morgan fingerprint density at radius 3 is 2.63 bits per heavy atom. The predicted molar refractivity (Wildman–Crippen MR) is 64.5 cm³/mol. The second-order valence-corrected chi connectivity index (χ2v) is 4.06. The van der Waals surface area contributed by atoms with E-state index in [1.807, 2.05) is 18.3 Å². The standard InChI is InChI=1S/C12H16F3N3O/c1-3-18(11(19)16-8-12(13,14)15)7-10-6-4-5-9(2)17-10/h4-6H,3,7-8H2,1-2H3,(H,16,19). The number of hydrogen-bond donors (Lipinski definition) is 1. The Morgan fingerprint density at radius 1 is 1.42 bits per heavy atom. The summed E-state index contributed by atoms with van der Waals surface area (Å²) in [7, 11) is 0. The van der Waals surface area contributed by atoms with Gasteiger partial charge in [-0.2, -0.15) is 13.2 Å². The number of hydrogen-bond acceptors (Lipinski definition) is 2. The number of aromatic nitrogens is 1. The van der Waals surface area contributed by atoms with Gasteiger partial charge in [0.1, 0.15) is 6.54 Å². The van der Waals surface area contributed by atoms with Crippen LogP contribution in [0.2, 0.25) is 0 Å². The zero-order chi connectivity index (χ0) is 14.5. The maximum absolute atomic E-state index is 12.0. The molecule has 2 amide bonds. The van der Waals surface area contributed by atoms with Crippen LogP contribution in [-0.4, -0.2) is 35.2 Å². The number of aryl methyl sites for hydroxylation is 1. The third kappa shape index (κ3) is 5.58. The van der Waals surface area contributed by atoms with Crippen LogP contribution in [0.4, 0.5) is 18.0 Å². The van der Waals surface area contributed by atoms with E-state index in [4.69, 9.17) is 0 Å². The van der Waals surface area contributed by atoms with Crippen molar-refractivity contribution in [2.75, 3.05) is 13.1 Å². The van der Waals surface area contributed by atoms with E-state index in [0.29, 0.717) is 12.2 Å². The van der Waals surface area contributed by atoms with Crippen molar-refractivity contribution in [1.29, 1.82) is 0 Å². The van der Waals surface area contributed by atoms with Crippen LogP contribution in [-0.2, 0) is 6.54 Å². The molecule has 0 spiro atoms. The van der Waals surface area contributed by atoms with Gasteiger partial charge >= 0.3 is 12.2 Å². The molecule has 0 bridgehead atoms. The van der Waals surface area contributed by atoms with Gasteiger partial charge in [-0.05, 0) is 26.0 Å². The van der Waals surface area contributed by atoms with Crippen molar-refractivity contribution in [2.45, 2.75) is 26.6 Å². The quantitative estimate of drug-likeness (QED) is 0.917. The molecule has 1 aromatic rings. The van der Waals surface area contributed by atoms with Crippen molar-refractivity contribution < 1.29 is 18.0 Å². The lowest BCUT2D eigenvalue weighted by Crippen LogP contribution is -2.43. The number of pyridine rings is 1. The number of amides is 2. The summed E-state index contributed by atoms with van der Waals surface area (Å²) < 4.78 is 36.1. The largest absolute Gasteiger partial charge is 0.405 e. The minimum atomic E-state index is -4.41. The Kier molecular flexibility index (Phi) is 5.14. The molecule has 0 saturated heterocycles. The average Bonchev–Trinajstić information content (AvgIpc) is 2.32. The van der Waals surface area contributed by atoms with Crippen molar-refractivity contribution in [1.82, 2.24) is 15.2 Å². The monoisotopic (exact) mass is 275 g/mol. The number of nitrogens with one attached hydrogen (secondary N) is 1. The van der Waals surface area contributed by atoms with E-state index in [0.717, 1.165) is 5.69 Å². The Balaban J connectivity index is 2.60. The number of rotatable bonds is 4. The van der Waals surface area contributed by atoms with Crippen LogP contribution in [0.15, 0.2) is 18.2 Å². The number of nitrogens with zero attached hydrogens (tertiary/aromatic N) is 2. The lowest BCUT2D eigenvalue weighted by molar-refractivity contribution is -0.123. The van der Waals surface area contributed by atoms with Gasteiger partial charge in [0.05, 0.1) is 12.2 Å². The van der Waals surface area contributed by atoms with E-state index in [1.54, 1.807) is 19.1 Å². The minimum Gasteiger partial charge on any atom is -0.329 e. The first-order valence-corrected chi connectivity index (χ1v) is 5.84. The smallest absolute Gasteiger partial charge is 0.329 e. The molecule has 0 unspecified atom stereocenters. The summed E-state index contributed by atoms with van der Waals surface area (Å²) in [4.78, 5) is 17.1. The van der Waals surface area contributed by atoms with Crippen LogP contribution in [0.3, 0.4) is 0 Å². The van der Waals surface area contributed by atoms with Gasteiger partial charge in [-0.3, -0.25) is 4.98 Å². The molecule has 106 valence electrons. The van der Waals surface area contributed by atoms with Gasteiger partial charge < -0.3 is 10.2 Å². The molecule has 0 aromatic carbocycles. The second kappa shape index (κ2) is 6.40. The first kappa shape index (κ1) is 15.3. The Hall–Kier alpha value is -1.79. The molecule has 1 aromatic heterocycles. The van der Waals surface area contributed by atoms with E-state index in [-0.39, 0.29) is 6.54 Å². The number of alkyl halides is 3. The molecule has 1 N–H and O–H groups in total. The third-order valence-electron chi connectivity index (χ3n) is 2.41. The number of carbonyl (C=O) groups is 1. The summed E-state index contributed by atoms with van der Waals surface area (Å²) >= 11 is 0. The van der Waals surface area contributed by atoms with E-state index >= 15 is 0 Å². The Morgan fingerprint density at radius 2 is 2.11 bits per heavy atom. The molecule has 0 atom stereocenters. The van der Waals surface area contributed by atoms with Crippen molar-refractivity contribution in [3.63, 3.8) is 0 Å². The molecular formula is C12H16F3N3O. The fourth-order valence-corrected chi connectivity index (χ4v) is 1.50. The summed E-state index contributed by atoms with van der Waals surface area (Å²) in [5.74, 6) is 0. The van der Waals surface area contributed by atoms with Crippen molar-refractivity contribution in [3.05, 3.63) is 29.6 Å². The topological polar surface area (TPSA) is 45.2 Å². The van der Waals surface area contributed by atoms with Gasteiger partial charge in [0.15, 0.2) is 0 Å². The first-order chi connectivity index (χ1) is 8.81. The molecule has 0 aliphatic heterocycles. The zero-order valence-corrected chi connectivity index (χ0v) is 10.8. The van der Waals surface area contributed by atoms with E-state index in [1.165, 1.54) is 4.90 Å². The van der Waals surface area contributed by atoms with Gasteiger partial charge in [-0.25, -0.2) is 4.79 Å². The van der Waals surface area contributed by atoms with Gasteiger partial charge in [0.25, 0.3) is 0 Å². The molecule has 19 heavy (non-hydrogen) atoms. The lowest BCUT2D eigenvalue weighted by Gasteiger charge is -2.21. The predicted octanol–water partition coefficient (Wildman–Crippen LogP) is 2.48. The van der Waals surface area contributed by atoms with Crippen LogP contribution in [0.1, 0.15) is 18.3 Å².